The molecule has 0 amide bonds. The summed E-state index contributed by atoms with van der Waals surface area (Å²) >= 11 is 0. The van der Waals surface area contributed by atoms with E-state index in [2.05, 4.69) is 9.97 Å². The highest BCUT2D eigenvalue weighted by Crippen LogP contribution is 2.27. The summed E-state index contributed by atoms with van der Waals surface area (Å²) in [4.78, 5) is 8.11. The number of nitriles is 1. The van der Waals surface area contributed by atoms with Crippen LogP contribution in [0.1, 0.15) is 11.3 Å². The second-order valence-electron chi connectivity index (χ2n) is 3.41. The Bertz CT molecular complexity index is 589. The van der Waals surface area contributed by atoms with Crippen molar-refractivity contribution < 1.29 is 4.74 Å². The number of nitrogens with two attached hydrogens (primary N) is 1. The lowest BCUT2D eigenvalue weighted by atomic mass is 10.2. The van der Waals surface area contributed by atoms with E-state index in [0.717, 1.165) is 0 Å². The molecule has 0 bridgehead atoms. The van der Waals surface area contributed by atoms with E-state index in [9.17, 15) is 0 Å². The molecule has 0 unspecified atom stereocenters. The van der Waals surface area contributed by atoms with Crippen LogP contribution in [0.15, 0.2) is 30.6 Å². The Morgan fingerprint density at radius 1 is 1.29 bits per heavy atom. The van der Waals surface area contributed by atoms with Crippen LogP contribution < -0.4 is 10.5 Å². The molecule has 0 atom stereocenters. The third-order valence-electron chi connectivity index (χ3n) is 2.18. The highest BCUT2D eigenvalue weighted by molar-refractivity contribution is 5.57. The van der Waals surface area contributed by atoms with Crippen molar-refractivity contribution in [1.82, 2.24) is 9.97 Å². The topological polar surface area (TPSA) is 84.8 Å². The van der Waals surface area contributed by atoms with E-state index in [0.29, 0.717) is 28.6 Å². The summed E-state index contributed by atoms with van der Waals surface area (Å²) in [6.07, 6.45) is 3.13. The first kappa shape index (κ1) is 10.9. The average molecular weight is 226 g/mol. The number of benzene rings is 1. The molecule has 0 aliphatic heterocycles. The molecular weight excluding hydrogens is 216 g/mol. The number of hydrogen-bond donors (Lipinski definition) is 1. The van der Waals surface area contributed by atoms with Gasteiger partial charge in [0.1, 0.15) is 0 Å². The lowest BCUT2D eigenvalue weighted by Gasteiger charge is -2.08. The first-order valence-corrected chi connectivity index (χ1v) is 4.96. The molecule has 1 aromatic heterocycles. The molecule has 1 heterocycles. The zero-order valence-corrected chi connectivity index (χ0v) is 9.21. The van der Waals surface area contributed by atoms with E-state index in [4.69, 9.17) is 15.7 Å². The van der Waals surface area contributed by atoms with E-state index < -0.39 is 0 Å². The van der Waals surface area contributed by atoms with Crippen LogP contribution in [0.4, 0.5) is 5.69 Å². The molecule has 0 spiro atoms. The van der Waals surface area contributed by atoms with Crippen LogP contribution in [-0.4, -0.2) is 9.97 Å². The van der Waals surface area contributed by atoms with E-state index in [-0.39, 0.29) is 0 Å². The maximum absolute atomic E-state index is 8.72. The van der Waals surface area contributed by atoms with E-state index in [1.165, 1.54) is 0 Å². The minimum Gasteiger partial charge on any atom is -0.435 e. The lowest BCUT2D eigenvalue weighted by molar-refractivity contribution is 0.457. The molecular formula is C12H10N4O. The summed E-state index contributed by atoms with van der Waals surface area (Å²) in [6.45, 7) is 1.79. The van der Waals surface area contributed by atoms with Crippen molar-refractivity contribution in [2.75, 3.05) is 5.73 Å². The maximum atomic E-state index is 8.72. The van der Waals surface area contributed by atoms with Gasteiger partial charge in [0.25, 0.3) is 0 Å². The minimum atomic E-state index is 0.397. The third kappa shape index (κ3) is 2.32. The molecule has 2 aromatic rings. The quantitative estimate of drug-likeness (QED) is 0.792. The van der Waals surface area contributed by atoms with Gasteiger partial charge >= 0.3 is 0 Å². The second-order valence-corrected chi connectivity index (χ2v) is 3.41. The molecule has 17 heavy (non-hydrogen) atoms. The van der Waals surface area contributed by atoms with Crippen molar-refractivity contribution in [2.45, 2.75) is 6.92 Å². The van der Waals surface area contributed by atoms with Gasteiger partial charge in [0.15, 0.2) is 5.75 Å². The van der Waals surface area contributed by atoms with Crippen molar-refractivity contribution in [1.29, 1.82) is 5.26 Å². The maximum Gasteiger partial charge on any atom is 0.240 e. The number of nitrogens with zero attached hydrogens (tertiary/aromatic N) is 3. The van der Waals surface area contributed by atoms with Gasteiger partial charge in [-0.25, -0.2) is 4.98 Å². The largest absolute Gasteiger partial charge is 0.435 e. The Morgan fingerprint density at radius 2 is 2.06 bits per heavy atom. The van der Waals surface area contributed by atoms with Crippen molar-refractivity contribution in [3.05, 3.63) is 41.9 Å². The zero-order valence-electron chi connectivity index (χ0n) is 9.21. The number of ether oxygens (including phenoxy) is 1. The van der Waals surface area contributed by atoms with Gasteiger partial charge in [-0.1, -0.05) is 0 Å². The Labute approximate surface area is 98.5 Å². The Morgan fingerprint density at radius 3 is 2.71 bits per heavy atom. The number of aryl methyl sites for hydroxylation is 1. The van der Waals surface area contributed by atoms with Gasteiger partial charge in [0.05, 0.1) is 23.0 Å². The molecule has 0 fully saturated rings. The van der Waals surface area contributed by atoms with Crippen molar-refractivity contribution in [2.24, 2.45) is 0 Å². The van der Waals surface area contributed by atoms with Crippen LogP contribution >= 0.6 is 0 Å². The lowest BCUT2D eigenvalue weighted by Crippen LogP contribution is -1.96. The predicted molar refractivity (Wildman–Crippen MR) is 62.4 cm³/mol. The monoisotopic (exact) mass is 226 g/mol. The van der Waals surface area contributed by atoms with E-state index in [1.807, 2.05) is 6.07 Å². The molecule has 1 aromatic carbocycles. The molecule has 0 saturated carbocycles. The summed E-state index contributed by atoms with van der Waals surface area (Å²) < 4.78 is 5.53. The molecule has 2 N–H and O–H groups in total. The standard InChI is InChI=1S/C12H10N4O/c1-8-12(16-5-4-15-8)17-11-3-2-9(7-13)6-10(11)14/h2-6H,14H2,1H3. The van der Waals surface area contributed by atoms with Crippen LogP contribution in [0.25, 0.3) is 0 Å². The first-order valence-electron chi connectivity index (χ1n) is 4.96. The summed E-state index contributed by atoms with van der Waals surface area (Å²) in [5.41, 5.74) is 7.34. The number of aromatic nitrogens is 2. The summed E-state index contributed by atoms with van der Waals surface area (Å²) in [7, 11) is 0. The van der Waals surface area contributed by atoms with Crippen LogP contribution in [0.5, 0.6) is 11.6 Å². The molecule has 0 saturated heterocycles. The fraction of sp³-hybridized carbons (Fsp3) is 0.0833. The molecule has 5 heteroatoms. The molecule has 2 rings (SSSR count). The molecule has 84 valence electrons. The zero-order chi connectivity index (χ0) is 12.3. The minimum absolute atomic E-state index is 0.397. The van der Waals surface area contributed by atoms with E-state index >= 15 is 0 Å². The van der Waals surface area contributed by atoms with Crippen molar-refractivity contribution >= 4 is 5.69 Å². The Kier molecular flexibility index (Phi) is 2.88. The normalized spacial score (nSPS) is 9.65. The highest BCUT2D eigenvalue weighted by atomic mass is 16.5. The van der Waals surface area contributed by atoms with Gasteiger partial charge in [0.2, 0.25) is 5.88 Å². The van der Waals surface area contributed by atoms with Gasteiger partial charge in [-0.05, 0) is 25.1 Å². The fourth-order valence-electron chi connectivity index (χ4n) is 1.31. The second kappa shape index (κ2) is 4.49. The number of anilines is 1. The highest BCUT2D eigenvalue weighted by Gasteiger charge is 2.06. The number of rotatable bonds is 2. The Balaban J connectivity index is 2.32. The predicted octanol–water partition coefficient (Wildman–Crippen LogP) is 2.03. The van der Waals surface area contributed by atoms with Crippen LogP contribution in [0, 0.1) is 18.3 Å². The van der Waals surface area contributed by atoms with Gasteiger partial charge in [-0.3, -0.25) is 4.98 Å². The summed E-state index contributed by atoms with van der Waals surface area (Å²) in [5, 5.41) is 8.72. The van der Waals surface area contributed by atoms with Gasteiger partial charge in [-0.15, -0.1) is 0 Å². The van der Waals surface area contributed by atoms with Gasteiger partial charge < -0.3 is 10.5 Å². The van der Waals surface area contributed by atoms with Crippen LogP contribution in [0.3, 0.4) is 0 Å². The molecule has 0 aliphatic carbocycles. The molecule has 0 radical (unpaired) electrons. The summed E-state index contributed by atoms with van der Waals surface area (Å²) in [6, 6.07) is 6.84. The summed E-state index contributed by atoms with van der Waals surface area (Å²) in [5.74, 6) is 0.872. The fourth-order valence-corrected chi connectivity index (χ4v) is 1.31. The van der Waals surface area contributed by atoms with Gasteiger partial charge in [0, 0.05) is 12.4 Å². The number of nitrogen functional groups attached to an aromatic ring is 1. The molecule has 5 nitrogen and oxygen atoms in total. The van der Waals surface area contributed by atoms with Crippen molar-refractivity contribution in [3.8, 4) is 17.7 Å². The van der Waals surface area contributed by atoms with Crippen molar-refractivity contribution in [3.63, 3.8) is 0 Å². The van der Waals surface area contributed by atoms with Crippen LogP contribution in [-0.2, 0) is 0 Å². The first-order chi connectivity index (χ1) is 8.20. The van der Waals surface area contributed by atoms with Gasteiger partial charge in [-0.2, -0.15) is 5.26 Å². The average Bonchev–Trinajstić information content (AvgIpc) is 2.34. The third-order valence-corrected chi connectivity index (χ3v) is 2.18. The molecule has 0 aliphatic rings. The number of hydrogen-bond acceptors (Lipinski definition) is 5. The smallest absolute Gasteiger partial charge is 0.240 e. The van der Waals surface area contributed by atoms with Crippen LogP contribution in [0.2, 0.25) is 0 Å². The SMILES string of the molecule is Cc1nccnc1Oc1ccc(C#N)cc1N. The Hall–Kier alpha value is -2.61. The van der Waals surface area contributed by atoms with E-state index in [1.54, 1.807) is 37.5 Å².